The number of rotatable bonds is 2. The molecule has 0 fully saturated rings. The third-order valence-corrected chi connectivity index (χ3v) is 0.923. The molecule has 0 aliphatic rings. The molecular weight excluding hydrogens is 163 g/mol. The summed E-state index contributed by atoms with van der Waals surface area (Å²) < 4.78 is 0. The van der Waals surface area contributed by atoms with E-state index in [-0.39, 0.29) is 0 Å². The summed E-state index contributed by atoms with van der Waals surface area (Å²) in [4.78, 5) is 10.7. The van der Waals surface area contributed by atoms with Crippen LogP contribution in [-0.4, -0.2) is 42.8 Å². The van der Waals surface area contributed by atoms with Gasteiger partial charge in [0.2, 0.25) is 0 Å². The van der Waals surface area contributed by atoms with Gasteiger partial charge in [0, 0.05) is 0 Å². The Balaban J connectivity index is 3.55. The third-order valence-electron chi connectivity index (χ3n) is 0.382. The molecule has 1 atom stereocenters. The fourth-order valence-electron chi connectivity index (χ4n) is 0.0582. The van der Waals surface area contributed by atoms with Crippen LogP contribution in [-0.2, 0) is 4.79 Å². The van der Waals surface area contributed by atoms with Crippen LogP contribution in [0.5, 0.6) is 0 Å². The van der Waals surface area contributed by atoms with E-state index >= 15 is 0 Å². The first-order chi connectivity index (χ1) is 3.18. The fourth-order valence-corrected chi connectivity index (χ4v) is 0.302. The molecule has 0 bridgehead atoms. The standard InChI is InChI=1S/C3H4O3Se/c4-2(1-7)3(5)6/h1-2,4H,(H,5,6). The predicted molar refractivity (Wildman–Crippen MR) is 25.5 cm³/mol. The van der Waals surface area contributed by atoms with E-state index in [1.807, 2.05) is 0 Å². The Morgan fingerprint density at radius 2 is 2.29 bits per heavy atom. The maximum atomic E-state index is 9.63. The molecule has 0 rings (SSSR count). The Morgan fingerprint density at radius 3 is 2.29 bits per heavy atom. The zero-order chi connectivity index (χ0) is 5.86. The van der Waals surface area contributed by atoms with E-state index in [4.69, 9.17) is 10.2 Å². The molecule has 40 valence electrons. The summed E-state index contributed by atoms with van der Waals surface area (Å²) >= 11 is 2.27. The second-order valence-electron chi connectivity index (χ2n) is 0.919. The van der Waals surface area contributed by atoms with Gasteiger partial charge in [0.1, 0.15) is 0 Å². The minimum atomic E-state index is -1.36. The number of carboxylic acid groups (broad SMARTS) is 1. The van der Waals surface area contributed by atoms with Gasteiger partial charge in [-0.2, -0.15) is 0 Å². The summed E-state index contributed by atoms with van der Waals surface area (Å²) in [6, 6.07) is 0. The van der Waals surface area contributed by atoms with Gasteiger partial charge < -0.3 is 0 Å². The molecule has 0 aromatic rings. The molecule has 0 amide bonds. The van der Waals surface area contributed by atoms with Crippen LogP contribution in [0, 0.1) is 0 Å². The third kappa shape index (κ3) is 2.51. The first-order valence-corrected chi connectivity index (χ1v) is 2.53. The van der Waals surface area contributed by atoms with Crippen molar-refractivity contribution < 1.29 is 15.0 Å². The molecule has 0 radical (unpaired) electrons. The van der Waals surface area contributed by atoms with Crippen LogP contribution in [0.15, 0.2) is 0 Å². The van der Waals surface area contributed by atoms with Gasteiger partial charge in [-0.3, -0.25) is 0 Å². The molecule has 3 nitrogen and oxygen atoms in total. The van der Waals surface area contributed by atoms with Gasteiger partial charge in [0.15, 0.2) is 0 Å². The number of aliphatic hydroxyl groups excluding tert-OH is 1. The van der Waals surface area contributed by atoms with Crippen molar-refractivity contribution in [3.63, 3.8) is 0 Å². The number of aliphatic hydroxyl groups is 1. The summed E-state index contributed by atoms with van der Waals surface area (Å²) in [5.74, 6) is -1.24. The SMILES string of the molecule is O=C(O)C(O)C=[Se]. The number of carboxylic acids is 1. The molecular formula is C3H4O3Se. The molecule has 4 heteroatoms. The van der Waals surface area contributed by atoms with Crippen LogP contribution in [0.2, 0.25) is 0 Å². The van der Waals surface area contributed by atoms with Gasteiger partial charge in [0.25, 0.3) is 0 Å². The topological polar surface area (TPSA) is 57.5 Å². The fraction of sp³-hybridized carbons (Fsp3) is 0.333. The van der Waals surface area contributed by atoms with Gasteiger partial charge in [0.05, 0.1) is 0 Å². The molecule has 0 aliphatic heterocycles. The van der Waals surface area contributed by atoms with Crippen LogP contribution < -0.4 is 0 Å². The number of aliphatic carboxylic acids is 1. The van der Waals surface area contributed by atoms with Crippen LogP contribution in [0.3, 0.4) is 0 Å². The maximum absolute atomic E-state index is 9.63. The summed E-state index contributed by atoms with van der Waals surface area (Å²) in [6.45, 7) is 0. The van der Waals surface area contributed by atoms with Crippen molar-refractivity contribution in [1.29, 1.82) is 0 Å². The molecule has 0 spiro atoms. The Hall–Kier alpha value is -0.181. The van der Waals surface area contributed by atoms with Gasteiger partial charge in [-0.15, -0.1) is 0 Å². The summed E-state index contributed by atoms with van der Waals surface area (Å²) in [7, 11) is 0. The number of hydrogen-bond acceptors (Lipinski definition) is 2. The van der Waals surface area contributed by atoms with Crippen molar-refractivity contribution in [3.8, 4) is 0 Å². The van der Waals surface area contributed by atoms with E-state index in [2.05, 4.69) is 15.6 Å². The van der Waals surface area contributed by atoms with Gasteiger partial charge in [-0.1, -0.05) is 0 Å². The number of carbonyl (C=O) groups is 1. The average molecular weight is 167 g/mol. The monoisotopic (exact) mass is 168 g/mol. The van der Waals surface area contributed by atoms with Crippen LogP contribution in [0.4, 0.5) is 0 Å². The zero-order valence-electron chi connectivity index (χ0n) is 3.37. The molecule has 0 aliphatic carbocycles. The van der Waals surface area contributed by atoms with Crippen LogP contribution >= 0.6 is 0 Å². The Morgan fingerprint density at radius 1 is 1.86 bits per heavy atom. The van der Waals surface area contributed by atoms with Crippen molar-refractivity contribution in [2.75, 3.05) is 0 Å². The van der Waals surface area contributed by atoms with Gasteiger partial charge >= 0.3 is 47.6 Å². The first kappa shape index (κ1) is 6.82. The van der Waals surface area contributed by atoms with Crippen LogP contribution in [0.1, 0.15) is 0 Å². The Kier molecular flexibility index (Phi) is 2.83. The molecule has 7 heavy (non-hydrogen) atoms. The molecule has 2 N–H and O–H groups in total. The molecule has 0 saturated heterocycles. The summed E-state index contributed by atoms with van der Waals surface area (Å²) in [6.07, 6.45) is -1.36. The van der Waals surface area contributed by atoms with Crippen molar-refractivity contribution >= 4 is 26.5 Å². The molecule has 0 saturated carbocycles. The van der Waals surface area contributed by atoms with E-state index in [0.29, 0.717) is 0 Å². The van der Waals surface area contributed by atoms with Crippen molar-refractivity contribution in [1.82, 2.24) is 0 Å². The van der Waals surface area contributed by atoms with Crippen molar-refractivity contribution in [2.24, 2.45) is 0 Å². The normalized spacial score (nSPS) is 12.7. The van der Waals surface area contributed by atoms with Crippen LogP contribution in [0.25, 0.3) is 0 Å². The van der Waals surface area contributed by atoms with Gasteiger partial charge in [-0.25, -0.2) is 0 Å². The minimum absolute atomic E-state index is 1.07. The molecule has 0 aromatic heterocycles. The van der Waals surface area contributed by atoms with E-state index in [1.165, 1.54) is 0 Å². The molecule has 0 aromatic carbocycles. The molecule has 0 heterocycles. The second-order valence-corrected chi connectivity index (χ2v) is 1.49. The van der Waals surface area contributed by atoms with Crippen molar-refractivity contribution in [3.05, 3.63) is 0 Å². The zero-order valence-corrected chi connectivity index (χ0v) is 5.08. The van der Waals surface area contributed by atoms with E-state index in [9.17, 15) is 4.79 Å². The summed E-state index contributed by atoms with van der Waals surface area (Å²) in [5, 5.41) is 16.1. The Labute approximate surface area is 48.3 Å². The quantitative estimate of drug-likeness (QED) is 0.487. The second kappa shape index (κ2) is 2.91. The summed E-state index contributed by atoms with van der Waals surface area (Å²) in [5.41, 5.74) is 0. The molecule has 1 unspecified atom stereocenters. The Bertz CT molecular complexity index is 90.2. The van der Waals surface area contributed by atoms with E-state index < -0.39 is 12.1 Å². The van der Waals surface area contributed by atoms with Crippen molar-refractivity contribution in [2.45, 2.75) is 6.10 Å². The van der Waals surface area contributed by atoms with E-state index in [0.717, 1.165) is 4.92 Å². The number of hydrogen-bond donors (Lipinski definition) is 2. The van der Waals surface area contributed by atoms with E-state index in [1.54, 1.807) is 0 Å². The first-order valence-electron chi connectivity index (χ1n) is 1.54. The van der Waals surface area contributed by atoms with Gasteiger partial charge in [-0.05, 0) is 0 Å². The predicted octanol–water partition coefficient (Wildman–Crippen LogP) is -1.60. The average Bonchev–Trinajstić information content (AvgIpc) is 1.65.